The molecule has 0 radical (unpaired) electrons. The fraction of sp³-hybridized carbons (Fsp3) is 0.600. The van der Waals surface area contributed by atoms with E-state index in [9.17, 15) is 0 Å². The molecule has 1 saturated carbocycles. The van der Waals surface area contributed by atoms with Crippen LogP contribution in [-0.4, -0.2) is 25.8 Å². The third-order valence-electron chi connectivity index (χ3n) is 3.82. The highest BCUT2D eigenvalue weighted by atomic mass is 16.5. The van der Waals surface area contributed by atoms with Gasteiger partial charge in [-0.2, -0.15) is 0 Å². The molecule has 0 heterocycles. The summed E-state index contributed by atoms with van der Waals surface area (Å²) in [4.78, 5) is 0. The van der Waals surface area contributed by atoms with Crippen molar-refractivity contribution in [3.63, 3.8) is 0 Å². The van der Waals surface area contributed by atoms with Crippen molar-refractivity contribution in [2.75, 3.05) is 13.7 Å². The van der Waals surface area contributed by atoms with E-state index in [1.807, 2.05) is 0 Å². The Morgan fingerprint density at radius 2 is 1.88 bits per heavy atom. The van der Waals surface area contributed by atoms with Crippen LogP contribution in [0.5, 0.6) is 0 Å². The molecule has 0 amide bonds. The molecule has 0 aromatic heterocycles. The van der Waals surface area contributed by atoms with Gasteiger partial charge in [0.2, 0.25) is 0 Å². The maximum atomic E-state index is 5.29. The molecule has 1 aliphatic carbocycles. The summed E-state index contributed by atoms with van der Waals surface area (Å²) < 4.78 is 5.29. The predicted molar refractivity (Wildman–Crippen MR) is 71.3 cm³/mol. The highest BCUT2D eigenvalue weighted by Gasteiger charge is 2.30. The molecule has 0 aliphatic heterocycles. The van der Waals surface area contributed by atoms with Crippen molar-refractivity contribution in [2.45, 2.75) is 44.2 Å². The van der Waals surface area contributed by atoms with Gasteiger partial charge in [0, 0.05) is 25.1 Å². The average Bonchev–Trinajstić information content (AvgIpc) is 2.28. The number of hydrogen-bond donors (Lipinski definition) is 1. The number of methoxy groups -OCH3 is 1. The molecule has 1 fully saturated rings. The lowest BCUT2D eigenvalue weighted by molar-refractivity contribution is 0.0163. The second-order valence-corrected chi connectivity index (χ2v) is 5.66. The van der Waals surface area contributed by atoms with Crippen LogP contribution in [0.1, 0.15) is 32.3 Å². The Balaban J connectivity index is 1.82. The summed E-state index contributed by atoms with van der Waals surface area (Å²) in [5.41, 5.74) is 1.59. The van der Waals surface area contributed by atoms with Gasteiger partial charge in [0.05, 0.1) is 6.10 Å². The molecule has 0 unspecified atom stereocenters. The van der Waals surface area contributed by atoms with Crippen LogP contribution in [0, 0.1) is 0 Å². The van der Waals surface area contributed by atoms with Gasteiger partial charge in [0.25, 0.3) is 0 Å². The summed E-state index contributed by atoms with van der Waals surface area (Å²) in [5, 5.41) is 3.64. The maximum absolute atomic E-state index is 5.29. The maximum Gasteiger partial charge on any atom is 0.0601 e. The van der Waals surface area contributed by atoms with E-state index in [0.717, 1.165) is 19.4 Å². The standard InChI is InChI=1S/C15H23NO/c1-15(2,12-7-5-4-6-8-12)11-16-13-9-14(10-13)17-3/h4-8,13-14,16H,9-11H2,1-3H3. The van der Waals surface area contributed by atoms with Gasteiger partial charge >= 0.3 is 0 Å². The Labute approximate surface area is 104 Å². The molecule has 2 heteroatoms. The first kappa shape index (κ1) is 12.6. The molecule has 0 saturated heterocycles. The largest absolute Gasteiger partial charge is 0.381 e. The minimum Gasteiger partial charge on any atom is -0.381 e. The molecule has 1 N–H and O–H groups in total. The molecule has 1 aliphatic rings. The zero-order valence-corrected chi connectivity index (χ0v) is 11.1. The van der Waals surface area contributed by atoms with Crippen molar-refractivity contribution >= 4 is 0 Å². The van der Waals surface area contributed by atoms with Gasteiger partial charge in [-0.15, -0.1) is 0 Å². The smallest absolute Gasteiger partial charge is 0.0601 e. The zero-order chi connectivity index (χ0) is 12.3. The Kier molecular flexibility index (Phi) is 3.85. The van der Waals surface area contributed by atoms with E-state index in [-0.39, 0.29) is 5.41 Å². The molecule has 1 aromatic rings. The van der Waals surface area contributed by atoms with E-state index >= 15 is 0 Å². The van der Waals surface area contributed by atoms with Crippen molar-refractivity contribution in [1.29, 1.82) is 0 Å². The van der Waals surface area contributed by atoms with Gasteiger partial charge in [-0.05, 0) is 18.4 Å². The van der Waals surface area contributed by atoms with Gasteiger partial charge in [0.1, 0.15) is 0 Å². The Morgan fingerprint density at radius 3 is 2.47 bits per heavy atom. The fourth-order valence-electron chi connectivity index (χ4n) is 2.32. The minimum atomic E-state index is 0.194. The monoisotopic (exact) mass is 233 g/mol. The van der Waals surface area contributed by atoms with Crippen molar-refractivity contribution in [2.24, 2.45) is 0 Å². The van der Waals surface area contributed by atoms with Crippen LogP contribution >= 0.6 is 0 Å². The number of ether oxygens (including phenoxy) is 1. The van der Waals surface area contributed by atoms with Crippen LogP contribution in [0.3, 0.4) is 0 Å². The lowest BCUT2D eigenvalue weighted by atomic mass is 9.82. The number of nitrogens with one attached hydrogen (secondary N) is 1. The van der Waals surface area contributed by atoms with Crippen LogP contribution < -0.4 is 5.32 Å². The molecule has 94 valence electrons. The topological polar surface area (TPSA) is 21.3 Å². The third-order valence-corrected chi connectivity index (χ3v) is 3.82. The van der Waals surface area contributed by atoms with E-state index in [4.69, 9.17) is 4.74 Å². The normalized spacial score (nSPS) is 24.4. The molecule has 2 rings (SSSR count). The molecule has 17 heavy (non-hydrogen) atoms. The van der Waals surface area contributed by atoms with E-state index in [2.05, 4.69) is 49.5 Å². The van der Waals surface area contributed by atoms with E-state index < -0.39 is 0 Å². The number of benzene rings is 1. The Hall–Kier alpha value is -0.860. The van der Waals surface area contributed by atoms with Gasteiger partial charge in [0.15, 0.2) is 0 Å². The first-order valence-electron chi connectivity index (χ1n) is 6.43. The summed E-state index contributed by atoms with van der Waals surface area (Å²) in [6.07, 6.45) is 2.79. The Morgan fingerprint density at radius 1 is 1.24 bits per heavy atom. The number of hydrogen-bond acceptors (Lipinski definition) is 2. The molecule has 2 nitrogen and oxygen atoms in total. The minimum absolute atomic E-state index is 0.194. The van der Waals surface area contributed by atoms with Crippen molar-refractivity contribution in [3.05, 3.63) is 35.9 Å². The Bertz CT molecular complexity index is 341. The zero-order valence-electron chi connectivity index (χ0n) is 11.1. The van der Waals surface area contributed by atoms with E-state index in [1.165, 1.54) is 5.56 Å². The second-order valence-electron chi connectivity index (χ2n) is 5.66. The highest BCUT2D eigenvalue weighted by Crippen LogP contribution is 2.26. The molecule has 0 bridgehead atoms. The summed E-state index contributed by atoms with van der Waals surface area (Å²) in [6, 6.07) is 11.4. The quantitative estimate of drug-likeness (QED) is 0.844. The summed E-state index contributed by atoms with van der Waals surface area (Å²) >= 11 is 0. The van der Waals surface area contributed by atoms with Crippen LogP contribution in [0.25, 0.3) is 0 Å². The molecular formula is C15H23NO. The second kappa shape index (κ2) is 5.19. The first-order valence-corrected chi connectivity index (χ1v) is 6.43. The van der Waals surface area contributed by atoms with Crippen LogP contribution in [0.15, 0.2) is 30.3 Å². The first-order chi connectivity index (χ1) is 8.12. The third kappa shape index (κ3) is 3.08. The molecule has 1 aromatic carbocycles. The lowest BCUT2D eigenvalue weighted by Crippen LogP contribution is -2.48. The van der Waals surface area contributed by atoms with Crippen molar-refractivity contribution in [1.82, 2.24) is 5.32 Å². The van der Waals surface area contributed by atoms with E-state index in [1.54, 1.807) is 7.11 Å². The molecular weight excluding hydrogens is 210 g/mol. The average molecular weight is 233 g/mol. The fourth-order valence-corrected chi connectivity index (χ4v) is 2.32. The lowest BCUT2D eigenvalue weighted by Gasteiger charge is -2.37. The van der Waals surface area contributed by atoms with E-state index in [0.29, 0.717) is 12.1 Å². The summed E-state index contributed by atoms with van der Waals surface area (Å²) in [5.74, 6) is 0. The summed E-state index contributed by atoms with van der Waals surface area (Å²) in [6.45, 7) is 5.61. The molecule has 0 atom stereocenters. The van der Waals surface area contributed by atoms with Gasteiger partial charge in [-0.1, -0.05) is 44.2 Å². The van der Waals surface area contributed by atoms with Gasteiger partial charge in [-0.25, -0.2) is 0 Å². The van der Waals surface area contributed by atoms with Crippen LogP contribution in [0.4, 0.5) is 0 Å². The van der Waals surface area contributed by atoms with Gasteiger partial charge in [-0.3, -0.25) is 0 Å². The predicted octanol–water partition coefficient (Wildman–Crippen LogP) is 2.73. The van der Waals surface area contributed by atoms with Crippen LogP contribution in [-0.2, 0) is 10.2 Å². The SMILES string of the molecule is COC1CC(NCC(C)(C)c2ccccc2)C1. The summed E-state index contributed by atoms with van der Waals surface area (Å²) in [7, 11) is 1.80. The number of rotatable bonds is 5. The molecule has 0 spiro atoms. The van der Waals surface area contributed by atoms with Crippen molar-refractivity contribution in [3.8, 4) is 0 Å². The van der Waals surface area contributed by atoms with Gasteiger partial charge < -0.3 is 10.1 Å². The van der Waals surface area contributed by atoms with Crippen molar-refractivity contribution < 1.29 is 4.74 Å². The highest BCUT2D eigenvalue weighted by molar-refractivity contribution is 5.23. The van der Waals surface area contributed by atoms with Crippen LogP contribution in [0.2, 0.25) is 0 Å².